The number of aliphatic hydroxyl groups excluding tert-OH is 1. The zero-order chi connectivity index (χ0) is 19.3. The van der Waals surface area contributed by atoms with Crippen molar-refractivity contribution in [1.82, 2.24) is 0 Å². The van der Waals surface area contributed by atoms with Gasteiger partial charge in [-0.2, -0.15) is 5.26 Å². The van der Waals surface area contributed by atoms with Crippen molar-refractivity contribution in [2.24, 2.45) is 0 Å². The second kappa shape index (κ2) is 6.43. The molecular formula is C21H20FNO3S. The lowest BCUT2D eigenvalue weighted by atomic mass is 9.75. The average Bonchev–Trinajstić information content (AvgIpc) is 2.94. The van der Waals surface area contributed by atoms with Crippen molar-refractivity contribution < 1.29 is 17.9 Å². The smallest absolute Gasteiger partial charge is 0.175 e. The van der Waals surface area contributed by atoms with Gasteiger partial charge in [-0.05, 0) is 53.6 Å². The van der Waals surface area contributed by atoms with Crippen LogP contribution in [0.5, 0.6) is 0 Å². The third-order valence-corrected chi connectivity index (χ3v) is 6.92. The van der Waals surface area contributed by atoms with Crippen LogP contribution in [0.3, 0.4) is 0 Å². The van der Waals surface area contributed by atoms with E-state index < -0.39 is 22.1 Å². The fourth-order valence-corrected chi connectivity index (χ4v) is 5.60. The number of nitriles is 1. The number of alkyl halides is 1. The molecule has 0 saturated heterocycles. The van der Waals surface area contributed by atoms with E-state index in [1.807, 2.05) is 12.1 Å². The van der Waals surface area contributed by atoms with Gasteiger partial charge in [0.2, 0.25) is 0 Å². The first-order valence-electron chi connectivity index (χ1n) is 9.02. The van der Waals surface area contributed by atoms with Gasteiger partial charge in [0.15, 0.2) is 9.84 Å². The molecule has 2 aromatic rings. The molecule has 0 spiro atoms. The zero-order valence-corrected chi connectivity index (χ0v) is 15.8. The fraction of sp³-hybridized carbons (Fsp3) is 0.381. The molecule has 0 radical (unpaired) electrons. The van der Waals surface area contributed by atoms with Gasteiger partial charge in [0, 0.05) is 24.2 Å². The minimum atomic E-state index is -3.58. The monoisotopic (exact) mass is 385 g/mol. The predicted molar refractivity (Wildman–Crippen MR) is 99.0 cm³/mol. The number of aryl methyl sites for hydroxylation is 1. The van der Waals surface area contributed by atoms with Crippen LogP contribution in [-0.2, 0) is 22.7 Å². The summed E-state index contributed by atoms with van der Waals surface area (Å²) in [5, 5.41) is 19.9. The summed E-state index contributed by atoms with van der Waals surface area (Å²) in [6.45, 7) is 0. The Balaban J connectivity index is 1.96. The van der Waals surface area contributed by atoms with Gasteiger partial charge in [-0.1, -0.05) is 18.2 Å². The van der Waals surface area contributed by atoms with E-state index in [2.05, 4.69) is 6.07 Å². The average molecular weight is 385 g/mol. The van der Waals surface area contributed by atoms with Crippen molar-refractivity contribution in [1.29, 1.82) is 5.26 Å². The van der Waals surface area contributed by atoms with E-state index in [0.29, 0.717) is 11.1 Å². The zero-order valence-electron chi connectivity index (χ0n) is 14.9. The van der Waals surface area contributed by atoms with Gasteiger partial charge < -0.3 is 5.11 Å². The first-order valence-corrected chi connectivity index (χ1v) is 10.9. The largest absolute Gasteiger partial charge is 0.385 e. The highest BCUT2D eigenvalue weighted by molar-refractivity contribution is 7.90. The molecule has 2 aromatic carbocycles. The Labute approximate surface area is 158 Å². The van der Waals surface area contributed by atoms with Crippen LogP contribution in [0.2, 0.25) is 0 Å². The summed E-state index contributed by atoms with van der Waals surface area (Å²) in [4.78, 5) is -0.00139. The molecule has 0 aliphatic heterocycles. The molecule has 0 saturated carbocycles. The summed E-state index contributed by atoms with van der Waals surface area (Å²) < 4.78 is 38.7. The second-order valence-corrected chi connectivity index (χ2v) is 9.40. The van der Waals surface area contributed by atoms with E-state index in [1.165, 1.54) is 6.07 Å². The van der Waals surface area contributed by atoms with Gasteiger partial charge in [0.05, 0.1) is 16.5 Å². The number of aliphatic hydroxyl groups is 1. The maximum absolute atomic E-state index is 14.4. The minimum absolute atomic E-state index is 0.00139. The van der Waals surface area contributed by atoms with E-state index in [0.717, 1.165) is 42.2 Å². The van der Waals surface area contributed by atoms with Crippen LogP contribution in [0, 0.1) is 11.3 Å². The Kier molecular flexibility index (Phi) is 4.32. The van der Waals surface area contributed by atoms with Crippen LogP contribution >= 0.6 is 0 Å². The molecule has 4 rings (SSSR count). The Morgan fingerprint density at radius 1 is 1.22 bits per heavy atom. The van der Waals surface area contributed by atoms with E-state index in [1.54, 1.807) is 12.1 Å². The molecule has 6 heteroatoms. The SMILES string of the molecule is CS(=O)(=O)c1ccc([C@H]2CCCc3cccc(C#N)c32)c2c1[C@H](O)[C@H](F)C2. The molecule has 1 N–H and O–H groups in total. The van der Waals surface area contributed by atoms with E-state index >= 15 is 0 Å². The van der Waals surface area contributed by atoms with Gasteiger partial charge in [-0.25, -0.2) is 12.8 Å². The van der Waals surface area contributed by atoms with Gasteiger partial charge >= 0.3 is 0 Å². The Bertz CT molecular complexity index is 1070. The summed E-state index contributed by atoms with van der Waals surface area (Å²) in [5.74, 6) is -0.0931. The minimum Gasteiger partial charge on any atom is -0.385 e. The molecule has 2 aliphatic carbocycles. The third-order valence-electron chi connectivity index (χ3n) is 5.77. The van der Waals surface area contributed by atoms with Crippen molar-refractivity contribution in [3.8, 4) is 6.07 Å². The number of hydrogen-bond acceptors (Lipinski definition) is 4. The van der Waals surface area contributed by atoms with Crippen LogP contribution in [0.1, 0.15) is 58.2 Å². The van der Waals surface area contributed by atoms with Crippen molar-refractivity contribution in [3.63, 3.8) is 0 Å². The lowest BCUT2D eigenvalue weighted by Crippen LogP contribution is -2.16. The van der Waals surface area contributed by atoms with E-state index in [4.69, 9.17) is 0 Å². The number of hydrogen-bond donors (Lipinski definition) is 1. The number of rotatable bonds is 2. The van der Waals surface area contributed by atoms with Gasteiger partial charge in [-0.3, -0.25) is 0 Å². The summed E-state index contributed by atoms with van der Waals surface area (Å²) in [6.07, 6.45) is 0.759. The molecule has 0 aromatic heterocycles. The second-order valence-electron chi connectivity index (χ2n) is 7.42. The lowest BCUT2D eigenvalue weighted by Gasteiger charge is -2.29. The molecule has 0 unspecified atom stereocenters. The molecule has 2 aliphatic rings. The van der Waals surface area contributed by atoms with Crippen molar-refractivity contribution in [2.75, 3.05) is 6.26 Å². The van der Waals surface area contributed by atoms with Gasteiger partial charge in [0.25, 0.3) is 0 Å². The molecule has 0 amide bonds. The number of benzene rings is 2. The molecule has 140 valence electrons. The normalized spacial score (nSPS) is 24.1. The molecule has 3 atom stereocenters. The first kappa shape index (κ1) is 18.1. The highest BCUT2D eigenvalue weighted by Crippen LogP contribution is 2.46. The van der Waals surface area contributed by atoms with Crippen molar-refractivity contribution in [2.45, 2.75) is 48.8 Å². The van der Waals surface area contributed by atoms with Crippen LogP contribution in [0.25, 0.3) is 0 Å². The quantitative estimate of drug-likeness (QED) is 0.860. The van der Waals surface area contributed by atoms with Gasteiger partial charge in [0.1, 0.15) is 12.3 Å². The standard InChI is InChI=1S/C21H20FNO3S/c1-27(25,26)18-9-8-14(16-10-17(22)21(24)20(16)18)15-7-3-5-12-4-2-6-13(11-23)19(12)15/h2,4,6,8-9,15,17,21,24H,3,5,7,10H2,1H3/t15-,17-,21-/m1/s1. The number of sulfone groups is 1. The molecule has 27 heavy (non-hydrogen) atoms. The Morgan fingerprint density at radius 3 is 2.70 bits per heavy atom. The van der Waals surface area contributed by atoms with Crippen LogP contribution in [-0.4, -0.2) is 26.0 Å². The highest BCUT2D eigenvalue weighted by Gasteiger charge is 2.39. The summed E-state index contributed by atoms with van der Waals surface area (Å²) in [5.41, 5.74) is 4.29. The first-order chi connectivity index (χ1) is 12.8. The number of nitrogens with zero attached hydrogens (tertiary/aromatic N) is 1. The Hall–Kier alpha value is -2.23. The number of fused-ring (bicyclic) bond motifs is 2. The lowest BCUT2D eigenvalue weighted by molar-refractivity contribution is 0.0907. The molecule has 0 fully saturated rings. The maximum atomic E-state index is 14.4. The summed E-state index contributed by atoms with van der Waals surface area (Å²) in [6, 6.07) is 11.2. The molecular weight excluding hydrogens is 365 g/mol. The highest BCUT2D eigenvalue weighted by atomic mass is 32.2. The van der Waals surface area contributed by atoms with Gasteiger partial charge in [-0.15, -0.1) is 0 Å². The Morgan fingerprint density at radius 2 is 2.00 bits per heavy atom. The summed E-state index contributed by atoms with van der Waals surface area (Å²) >= 11 is 0. The fourth-order valence-electron chi connectivity index (χ4n) is 4.64. The van der Waals surface area contributed by atoms with E-state index in [-0.39, 0.29) is 22.8 Å². The van der Waals surface area contributed by atoms with Crippen LogP contribution in [0.15, 0.2) is 35.2 Å². The maximum Gasteiger partial charge on any atom is 0.175 e. The third kappa shape index (κ3) is 2.86. The number of halogens is 1. The predicted octanol–water partition coefficient (Wildman–Crippen LogP) is 3.36. The van der Waals surface area contributed by atoms with Crippen molar-refractivity contribution >= 4 is 9.84 Å². The molecule has 4 nitrogen and oxygen atoms in total. The van der Waals surface area contributed by atoms with E-state index in [9.17, 15) is 23.2 Å². The molecule has 0 heterocycles. The topological polar surface area (TPSA) is 78.2 Å². The summed E-state index contributed by atoms with van der Waals surface area (Å²) in [7, 11) is -3.58. The van der Waals surface area contributed by atoms with Crippen LogP contribution < -0.4 is 0 Å². The van der Waals surface area contributed by atoms with Crippen molar-refractivity contribution in [3.05, 3.63) is 63.7 Å². The van der Waals surface area contributed by atoms with Crippen LogP contribution in [0.4, 0.5) is 4.39 Å². The molecule has 0 bridgehead atoms.